The van der Waals surface area contributed by atoms with Crippen molar-refractivity contribution in [3.63, 3.8) is 0 Å². The number of nitrogens with zero attached hydrogens (tertiary/aromatic N) is 2. The van der Waals surface area contributed by atoms with Gasteiger partial charge in [0.1, 0.15) is 15.8 Å². The summed E-state index contributed by atoms with van der Waals surface area (Å²) in [6, 6.07) is 8.40. The molecule has 1 unspecified atom stereocenters. The first-order valence-electron chi connectivity index (χ1n) is 6.58. The minimum Gasteiger partial charge on any atom is -0.508 e. The number of phenolic OH excluding ortho intramolecular Hbond substituents is 1. The average molecular weight is 330 g/mol. The number of fused-ring (bicyclic) bond motifs is 3. The largest absolute Gasteiger partial charge is 0.508 e. The van der Waals surface area contributed by atoms with E-state index in [1.165, 1.54) is 23.1 Å². The van der Waals surface area contributed by atoms with Crippen LogP contribution in [0.1, 0.15) is 5.01 Å². The minimum atomic E-state index is -0.899. The van der Waals surface area contributed by atoms with Crippen molar-refractivity contribution in [2.45, 2.75) is 6.04 Å². The van der Waals surface area contributed by atoms with E-state index >= 15 is 0 Å². The highest BCUT2D eigenvalue weighted by Crippen LogP contribution is 2.34. The predicted molar refractivity (Wildman–Crippen MR) is 89.2 cm³/mol. The first-order chi connectivity index (χ1) is 10.6. The molecule has 2 N–H and O–H groups in total. The maximum absolute atomic E-state index is 11.0. The Hall–Kier alpha value is -2.12. The van der Waals surface area contributed by atoms with Crippen LogP contribution in [-0.2, 0) is 4.79 Å². The molecule has 1 aliphatic rings. The normalized spacial score (nSPS) is 18.0. The number of thiazole rings is 1. The van der Waals surface area contributed by atoms with E-state index < -0.39 is 12.0 Å². The molecule has 0 saturated carbocycles. The van der Waals surface area contributed by atoms with E-state index in [1.54, 1.807) is 12.1 Å². The van der Waals surface area contributed by atoms with Gasteiger partial charge < -0.3 is 10.2 Å². The van der Waals surface area contributed by atoms with Gasteiger partial charge in [0, 0.05) is 11.1 Å². The van der Waals surface area contributed by atoms with Gasteiger partial charge in [0.2, 0.25) is 0 Å². The van der Waals surface area contributed by atoms with Crippen molar-refractivity contribution in [2.75, 3.05) is 5.75 Å². The number of aromatic hydroxyl groups is 1. The molecule has 5 nitrogen and oxygen atoms in total. The zero-order valence-corrected chi connectivity index (χ0v) is 12.8. The van der Waals surface area contributed by atoms with E-state index in [4.69, 9.17) is 5.11 Å². The second-order valence-electron chi connectivity index (χ2n) is 4.94. The van der Waals surface area contributed by atoms with E-state index in [1.807, 2.05) is 18.2 Å². The summed E-state index contributed by atoms with van der Waals surface area (Å²) in [5, 5.41) is 22.0. The second kappa shape index (κ2) is 4.96. The molecule has 7 heteroatoms. The van der Waals surface area contributed by atoms with Crippen LogP contribution in [0.4, 0.5) is 0 Å². The molecule has 1 aliphatic heterocycles. The molecular weight excluding hydrogens is 320 g/mol. The highest BCUT2D eigenvalue weighted by atomic mass is 32.2. The third kappa shape index (κ3) is 2.13. The fraction of sp³-hybridized carbons (Fsp3) is 0.133. The van der Waals surface area contributed by atoms with Crippen LogP contribution in [-0.4, -0.2) is 38.0 Å². The number of carboxylic acids is 1. The molecular formula is C15H10N2O3S2. The van der Waals surface area contributed by atoms with Gasteiger partial charge in [-0.3, -0.25) is 4.99 Å². The lowest BCUT2D eigenvalue weighted by atomic mass is 10.1. The third-order valence-corrected chi connectivity index (χ3v) is 5.77. The Balaban J connectivity index is 1.86. The Morgan fingerprint density at radius 1 is 1.27 bits per heavy atom. The van der Waals surface area contributed by atoms with Crippen molar-refractivity contribution >= 4 is 55.1 Å². The van der Waals surface area contributed by atoms with Crippen molar-refractivity contribution < 1.29 is 15.0 Å². The van der Waals surface area contributed by atoms with Crippen LogP contribution >= 0.6 is 23.1 Å². The Labute approximate surface area is 133 Å². The zero-order valence-electron chi connectivity index (χ0n) is 11.2. The van der Waals surface area contributed by atoms with Gasteiger partial charge in [-0.2, -0.15) is 0 Å². The average Bonchev–Trinajstić information content (AvgIpc) is 3.13. The van der Waals surface area contributed by atoms with Crippen LogP contribution in [0.3, 0.4) is 0 Å². The monoisotopic (exact) mass is 330 g/mol. The number of aliphatic carboxylic acids is 1. The highest BCUT2D eigenvalue weighted by molar-refractivity contribution is 8.15. The number of rotatable bonds is 2. The van der Waals surface area contributed by atoms with E-state index in [0.717, 1.165) is 26.0 Å². The molecule has 3 aromatic rings. The molecule has 0 saturated heterocycles. The molecule has 110 valence electrons. The maximum atomic E-state index is 11.0. The van der Waals surface area contributed by atoms with Gasteiger partial charge in [-0.15, -0.1) is 23.1 Å². The quantitative estimate of drug-likeness (QED) is 0.754. The number of aromatic nitrogens is 1. The summed E-state index contributed by atoms with van der Waals surface area (Å²) >= 11 is 2.94. The van der Waals surface area contributed by atoms with E-state index in [0.29, 0.717) is 10.8 Å². The number of aliphatic imine (C=N–C) groups is 1. The van der Waals surface area contributed by atoms with Gasteiger partial charge in [-0.1, -0.05) is 6.07 Å². The Morgan fingerprint density at radius 2 is 2.14 bits per heavy atom. The van der Waals surface area contributed by atoms with Crippen molar-refractivity contribution in [3.05, 3.63) is 35.3 Å². The first kappa shape index (κ1) is 13.5. The number of phenols is 1. The maximum Gasteiger partial charge on any atom is 0.329 e. The van der Waals surface area contributed by atoms with Crippen LogP contribution < -0.4 is 0 Å². The number of hydrogen-bond acceptors (Lipinski definition) is 6. The summed E-state index contributed by atoms with van der Waals surface area (Å²) in [6.45, 7) is 0. The van der Waals surface area contributed by atoms with E-state index in [-0.39, 0.29) is 5.75 Å². The van der Waals surface area contributed by atoms with Crippen LogP contribution in [0.15, 0.2) is 35.3 Å². The topological polar surface area (TPSA) is 82.8 Å². The fourth-order valence-electron chi connectivity index (χ4n) is 2.41. The van der Waals surface area contributed by atoms with Crippen molar-refractivity contribution in [1.82, 2.24) is 4.98 Å². The summed E-state index contributed by atoms with van der Waals surface area (Å²) in [7, 11) is 0. The predicted octanol–water partition coefficient (Wildman–Crippen LogP) is 3.10. The summed E-state index contributed by atoms with van der Waals surface area (Å²) in [6.07, 6.45) is 0. The summed E-state index contributed by atoms with van der Waals surface area (Å²) in [5.74, 6) is -0.212. The van der Waals surface area contributed by atoms with E-state index in [9.17, 15) is 9.90 Å². The zero-order chi connectivity index (χ0) is 15.3. The Bertz CT molecular complexity index is 949. The smallest absolute Gasteiger partial charge is 0.329 e. The molecule has 2 heterocycles. The molecule has 2 aromatic carbocycles. The second-order valence-corrected chi connectivity index (χ2v) is 6.95. The van der Waals surface area contributed by atoms with Gasteiger partial charge in [0.25, 0.3) is 0 Å². The standard InChI is InChI=1S/C15H10N2O3S2/c18-8-2-3-9-7(5-8)1-4-10-12(9)22-14(16-10)13-17-11(6-21-13)15(19)20/h1-5,11,18H,6H2,(H,19,20). The minimum absolute atomic E-state index is 0.233. The summed E-state index contributed by atoms with van der Waals surface area (Å²) in [4.78, 5) is 19.8. The fourth-order valence-corrected chi connectivity index (χ4v) is 4.61. The Morgan fingerprint density at radius 3 is 2.91 bits per heavy atom. The van der Waals surface area contributed by atoms with Crippen molar-refractivity contribution in [1.29, 1.82) is 0 Å². The highest BCUT2D eigenvalue weighted by Gasteiger charge is 2.27. The van der Waals surface area contributed by atoms with Crippen molar-refractivity contribution in [2.24, 2.45) is 4.99 Å². The van der Waals surface area contributed by atoms with Crippen molar-refractivity contribution in [3.8, 4) is 5.75 Å². The molecule has 0 fully saturated rings. The molecule has 0 bridgehead atoms. The molecule has 0 aliphatic carbocycles. The number of benzene rings is 2. The van der Waals surface area contributed by atoms with Gasteiger partial charge >= 0.3 is 5.97 Å². The number of carboxylic acid groups (broad SMARTS) is 1. The SMILES string of the molecule is O=C(O)C1CSC(c2nc3ccc4cc(O)ccc4c3s2)=N1. The van der Waals surface area contributed by atoms with Gasteiger partial charge in [0.05, 0.1) is 10.2 Å². The summed E-state index contributed by atoms with van der Waals surface area (Å²) < 4.78 is 1.02. The summed E-state index contributed by atoms with van der Waals surface area (Å²) in [5.41, 5.74) is 0.861. The van der Waals surface area contributed by atoms with Crippen LogP contribution in [0.25, 0.3) is 21.0 Å². The molecule has 4 rings (SSSR count). The first-order valence-corrected chi connectivity index (χ1v) is 8.38. The molecule has 0 amide bonds. The number of hydrogen-bond donors (Lipinski definition) is 2. The molecule has 22 heavy (non-hydrogen) atoms. The third-order valence-electron chi connectivity index (χ3n) is 3.47. The lowest BCUT2D eigenvalue weighted by Crippen LogP contribution is -2.17. The lowest BCUT2D eigenvalue weighted by molar-refractivity contribution is -0.137. The molecule has 0 spiro atoms. The van der Waals surface area contributed by atoms with Crippen LogP contribution in [0, 0.1) is 0 Å². The molecule has 0 radical (unpaired) electrons. The van der Waals surface area contributed by atoms with Gasteiger partial charge in [-0.05, 0) is 29.7 Å². The lowest BCUT2D eigenvalue weighted by Gasteiger charge is -1.98. The number of thioether (sulfide) groups is 1. The van der Waals surface area contributed by atoms with E-state index in [2.05, 4.69) is 9.98 Å². The van der Waals surface area contributed by atoms with Gasteiger partial charge in [-0.25, -0.2) is 9.78 Å². The number of carbonyl (C=O) groups is 1. The molecule has 1 aromatic heterocycles. The van der Waals surface area contributed by atoms with Crippen LogP contribution in [0.2, 0.25) is 0 Å². The van der Waals surface area contributed by atoms with Gasteiger partial charge in [0.15, 0.2) is 6.04 Å². The molecule has 1 atom stereocenters. The van der Waals surface area contributed by atoms with Crippen LogP contribution in [0.5, 0.6) is 5.75 Å². The Kier molecular flexibility index (Phi) is 3.05.